The third-order valence-electron chi connectivity index (χ3n) is 2.53. The Balaban J connectivity index is 2.04. The summed E-state index contributed by atoms with van der Waals surface area (Å²) in [7, 11) is 0. The Labute approximate surface area is 87.0 Å². The summed E-state index contributed by atoms with van der Waals surface area (Å²) in [6, 6.07) is 4.27. The van der Waals surface area contributed by atoms with Crippen LogP contribution in [0.3, 0.4) is 0 Å². The molecule has 2 aromatic heterocycles. The van der Waals surface area contributed by atoms with Crippen LogP contribution in [0.4, 0.5) is 5.69 Å². The molecule has 2 N–H and O–H groups in total. The lowest BCUT2D eigenvalue weighted by Crippen LogP contribution is -1.98. The lowest BCUT2D eigenvalue weighted by molar-refractivity contribution is 0.744. The Morgan fingerprint density at radius 3 is 2.87 bits per heavy atom. The lowest BCUT2D eigenvalue weighted by atomic mass is 10.3. The summed E-state index contributed by atoms with van der Waals surface area (Å²) in [5.41, 5.74) is 7.08. The first-order valence-electron chi connectivity index (χ1n) is 4.96. The van der Waals surface area contributed by atoms with Crippen molar-refractivity contribution in [3.05, 3.63) is 24.7 Å². The number of hydrogen-bond donors (Lipinski definition) is 1. The highest BCUT2D eigenvalue weighted by Gasteiger charge is 2.26. The molecule has 5 heteroatoms. The summed E-state index contributed by atoms with van der Waals surface area (Å²) < 4.78 is 2.08. The van der Waals surface area contributed by atoms with Crippen molar-refractivity contribution in [2.75, 3.05) is 5.73 Å². The maximum atomic E-state index is 5.58. The number of anilines is 1. The summed E-state index contributed by atoms with van der Waals surface area (Å²) in [5, 5.41) is 8.01. The van der Waals surface area contributed by atoms with Crippen LogP contribution < -0.4 is 5.73 Å². The van der Waals surface area contributed by atoms with Crippen LogP contribution in [0, 0.1) is 0 Å². The Bertz CT molecular complexity index is 469. The molecule has 0 bridgehead atoms. The fourth-order valence-electron chi connectivity index (χ4n) is 1.58. The third-order valence-corrected chi connectivity index (χ3v) is 2.53. The van der Waals surface area contributed by atoms with Crippen molar-refractivity contribution < 1.29 is 0 Å². The van der Waals surface area contributed by atoms with Crippen LogP contribution in [0.5, 0.6) is 0 Å². The number of pyridine rings is 1. The zero-order valence-electron chi connectivity index (χ0n) is 8.17. The van der Waals surface area contributed by atoms with E-state index < -0.39 is 0 Å². The minimum atomic E-state index is 0.564. The number of nitrogen functional groups attached to an aromatic ring is 1. The van der Waals surface area contributed by atoms with E-state index in [-0.39, 0.29) is 0 Å². The smallest absolute Gasteiger partial charge is 0.182 e. The van der Waals surface area contributed by atoms with Gasteiger partial charge in [-0.25, -0.2) is 0 Å². The highest BCUT2D eigenvalue weighted by Crippen LogP contribution is 2.37. The Kier molecular flexibility index (Phi) is 1.71. The van der Waals surface area contributed by atoms with E-state index in [4.69, 9.17) is 5.73 Å². The number of nitrogens with zero attached hydrogens (tertiary/aromatic N) is 4. The molecule has 1 aliphatic rings. The standard InChI is InChI=1S/C10H11N5/c11-7-1-4-9(12-5-7)10-14-13-6-15(10)8-2-3-8/h1,4-6,8H,2-3,11H2. The normalized spacial score (nSPS) is 15.5. The van der Waals surface area contributed by atoms with Crippen LogP contribution >= 0.6 is 0 Å². The van der Waals surface area contributed by atoms with Crippen molar-refractivity contribution >= 4 is 5.69 Å². The van der Waals surface area contributed by atoms with Gasteiger partial charge in [-0.3, -0.25) is 4.98 Å². The lowest BCUT2D eigenvalue weighted by Gasteiger charge is -2.03. The van der Waals surface area contributed by atoms with Gasteiger partial charge < -0.3 is 10.3 Å². The average Bonchev–Trinajstić information content (AvgIpc) is 2.98. The molecule has 0 unspecified atom stereocenters. The van der Waals surface area contributed by atoms with Crippen molar-refractivity contribution in [2.45, 2.75) is 18.9 Å². The molecule has 5 nitrogen and oxygen atoms in total. The first-order chi connectivity index (χ1) is 7.34. The minimum absolute atomic E-state index is 0.564. The van der Waals surface area contributed by atoms with E-state index in [1.165, 1.54) is 12.8 Å². The quantitative estimate of drug-likeness (QED) is 0.794. The van der Waals surface area contributed by atoms with Gasteiger partial charge in [-0.05, 0) is 25.0 Å². The van der Waals surface area contributed by atoms with Gasteiger partial charge in [0.2, 0.25) is 0 Å². The summed E-state index contributed by atoms with van der Waals surface area (Å²) in [6.45, 7) is 0. The molecule has 0 radical (unpaired) electrons. The van der Waals surface area contributed by atoms with Crippen molar-refractivity contribution in [1.82, 2.24) is 19.7 Å². The zero-order chi connectivity index (χ0) is 10.3. The van der Waals surface area contributed by atoms with Gasteiger partial charge in [-0.15, -0.1) is 10.2 Å². The molecule has 2 aromatic rings. The Morgan fingerprint density at radius 1 is 1.33 bits per heavy atom. The molecule has 1 fully saturated rings. The topological polar surface area (TPSA) is 69.6 Å². The predicted molar refractivity (Wildman–Crippen MR) is 55.9 cm³/mol. The van der Waals surface area contributed by atoms with Gasteiger partial charge in [-0.1, -0.05) is 0 Å². The highest BCUT2D eigenvalue weighted by atomic mass is 15.3. The van der Waals surface area contributed by atoms with Gasteiger partial charge >= 0.3 is 0 Å². The van der Waals surface area contributed by atoms with E-state index >= 15 is 0 Å². The highest BCUT2D eigenvalue weighted by molar-refractivity contribution is 5.52. The fourth-order valence-corrected chi connectivity index (χ4v) is 1.58. The molecular weight excluding hydrogens is 190 g/mol. The molecule has 15 heavy (non-hydrogen) atoms. The molecule has 2 heterocycles. The van der Waals surface area contributed by atoms with Gasteiger partial charge in [0.1, 0.15) is 12.0 Å². The summed E-state index contributed by atoms with van der Waals surface area (Å²) in [4.78, 5) is 4.24. The third kappa shape index (κ3) is 1.45. The van der Waals surface area contributed by atoms with Gasteiger partial charge in [0.15, 0.2) is 5.82 Å². The Morgan fingerprint density at radius 2 is 2.20 bits per heavy atom. The number of nitrogens with two attached hydrogens (primary N) is 1. The van der Waals surface area contributed by atoms with Crippen LogP contribution in [-0.2, 0) is 0 Å². The molecule has 0 atom stereocenters. The molecule has 0 aromatic carbocycles. The fraction of sp³-hybridized carbons (Fsp3) is 0.300. The van der Waals surface area contributed by atoms with Crippen LogP contribution in [0.15, 0.2) is 24.7 Å². The van der Waals surface area contributed by atoms with E-state index in [1.807, 2.05) is 12.1 Å². The molecule has 0 spiro atoms. The largest absolute Gasteiger partial charge is 0.397 e. The second-order valence-corrected chi connectivity index (χ2v) is 3.77. The maximum Gasteiger partial charge on any atom is 0.182 e. The van der Waals surface area contributed by atoms with Crippen LogP contribution in [-0.4, -0.2) is 19.7 Å². The van der Waals surface area contributed by atoms with Crippen LogP contribution in [0.2, 0.25) is 0 Å². The number of hydrogen-bond acceptors (Lipinski definition) is 4. The maximum absolute atomic E-state index is 5.58. The first kappa shape index (κ1) is 8.40. The molecule has 1 aliphatic carbocycles. The summed E-state index contributed by atoms with van der Waals surface area (Å²) >= 11 is 0. The molecule has 76 valence electrons. The van der Waals surface area contributed by atoms with Crippen LogP contribution in [0.1, 0.15) is 18.9 Å². The molecule has 1 saturated carbocycles. The zero-order valence-corrected chi connectivity index (χ0v) is 8.17. The first-order valence-corrected chi connectivity index (χ1v) is 4.96. The molecular formula is C10H11N5. The van der Waals surface area contributed by atoms with Gasteiger partial charge in [0.25, 0.3) is 0 Å². The monoisotopic (exact) mass is 201 g/mol. The van der Waals surface area contributed by atoms with Gasteiger partial charge in [-0.2, -0.15) is 0 Å². The number of rotatable bonds is 2. The van der Waals surface area contributed by atoms with E-state index in [1.54, 1.807) is 12.5 Å². The second-order valence-electron chi connectivity index (χ2n) is 3.77. The van der Waals surface area contributed by atoms with Crippen molar-refractivity contribution in [2.24, 2.45) is 0 Å². The molecule has 0 aliphatic heterocycles. The van der Waals surface area contributed by atoms with Gasteiger partial charge in [0.05, 0.1) is 11.9 Å². The summed E-state index contributed by atoms with van der Waals surface area (Å²) in [6.07, 6.45) is 5.83. The van der Waals surface area contributed by atoms with Crippen molar-refractivity contribution in [1.29, 1.82) is 0 Å². The predicted octanol–water partition coefficient (Wildman–Crippen LogP) is 1.26. The van der Waals surface area contributed by atoms with E-state index in [0.717, 1.165) is 11.5 Å². The summed E-state index contributed by atoms with van der Waals surface area (Å²) in [5.74, 6) is 0.831. The van der Waals surface area contributed by atoms with Crippen molar-refractivity contribution in [3.8, 4) is 11.5 Å². The van der Waals surface area contributed by atoms with E-state index in [9.17, 15) is 0 Å². The SMILES string of the molecule is Nc1ccc(-c2nncn2C2CC2)nc1. The Hall–Kier alpha value is -1.91. The van der Waals surface area contributed by atoms with Crippen LogP contribution in [0.25, 0.3) is 11.5 Å². The number of aromatic nitrogens is 4. The van der Waals surface area contributed by atoms with Crippen molar-refractivity contribution in [3.63, 3.8) is 0 Å². The van der Waals surface area contributed by atoms with Gasteiger partial charge in [0, 0.05) is 6.04 Å². The molecule has 0 saturated heterocycles. The minimum Gasteiger partial charge on any atom is -0.397 e. The van der Waals surface area contributed by atoms with E-state index in [0.29, 0.717) is 11.7 Å². The molecule has 3 rings (SSSR count). The van der Waals surface area contributed by atoms with E-state index in [2.05, 4.69) is 19.7 Å². The average molecular weight is 201 g/mol. The second kappa shape index (κ2) is 3.05. The molecule has 0 amide bonds.